The summed E-state index contributed by atoms with van der Waals surface area (Å²) < 4.78 is 135. The molecule has 0 aliphatic carbocycles. The molecule has 0 saturated carbocycles. The first-order valence-electron chi connectivity index (χ1n) is 15.7. The molecular formula is C34H27N5O14S4. The summed E-state index contributed by atoms with van der Waals surface area (Å²) in [6.07, 6.45) is 0. The maximum Gasteiger partial charge on any atom is 0.296 e. The van der Waals surface area contributed by atoms with Crippen LogP contribution in [0.25, 0.3) is 21.5 Å². The van der Waals surface area contributed by atoms with Gasteiger partial charge in [-0.2, -0.15) is 43.9 Å². The van der Waals surface area contributed by atoms with Gasteiger partial charge in [-0.1, -0.05) is 12.1 Å². The summed E-state index contributed by atoms with van der Waals surface area (Å²) in [7, 11) is -19.4. The van der Waals surface area contributed by atoms with Gasteiger partial charge in [0.05, 0.1) is 21.2 Å². The van der Waals surface area contributed by atoms with Crippen LogP contribution in [0.15, 0.2) is 125 Å². The molecule has 23 heteroatoms. The Morgan fingerprint density at radius 2 is 0.825 bits per heavy atom. The van der Waals surface area contributed by atoms with Crippen LogP contribution in [0, 0.1) is 13.8 Å². The van der Waals surface area contributed by atoms with Crippen LogP contribution in [0.1, 0.15) is 11.1 Å². The van der Waals surface area contributed by atoms with E-state index >= 15 is 0 Å². The summed E-state index contributed by atoms with van der Waals surface area (Å²) in [5.41, 5.74) is -0.244. The molecule has 6 aromatic carbocycles. The fraction of sp³-hybridized carbons (Fsp3) is 0.0588. The Kier molecular flexibility index (Phi) is 10.4. The Balaban J connectivity index is 1.38. The van der Waals surface area contributed by atoms with Crippen LogP contribution in [0.3, 0.4) is 0 Å². The van der Waals surface area contributed by atoms with Crippen molar-refractivity contribution < 1.29 is 62.1 Å². The third kappa shape index (κ3) is 8.59. The monoisotopic (exact) mass is 857 g/mol. The van der Waals surface area contributed by atoms with E-state index in [0.29, 0.717) is 11.1 Å². The lowest BCUT2D eigenvalue weighted by atomic mass is 10.1. The molecule has 6 rings (SSSR count). The Hall–Kier alpha value is -5.92. The molecule has 296 valence electrons. The molecular weight excluding hydrogens is 831 g/mol. The standard InChI is InChI=1S/C34H27N5O14S4/c1-17-3-7-23(54(42,43)44)15-27(17)36-38-31-29(56(48,49)50)13-19-11-21(5-9-25(19)33(31)40)35-22-6-10-26-20(12-22)14-30(57(51,52)53)32(34(26)41)39-37-28-16-24(55(45,46)47)8-4-18(28)2/h3-16,35,40-41H,1-2H3,(H,42,43,44)(H,45,46,47)(H,48,49,50)(H,51,52,53). The molecule has 0 heterocycles. The Labute approximate surface area is 323 Å². The fourth-order valence-corrected chi connectivity index (χ4v) is 7.85. The van der Waals surface area contributed by atoms with Gasteiger partial charge in [0.2, 0.25) is 0 Å². The first kappa shape index (κ1) is 40.7. The number of azo groups is 2. The van der Waals surface area contributed by atoms with Crippen molar-refractivity contribution in [2.45, 2.75) is 33.4 Å². The van der Waals surface area contributed by atoms with Gasteiger partial charge in [0.25, 0.3) is 40.5 Å². The maximum absolute atomic E-state index is 12.4. The van der Waals surface area contributed by atoms with Crippen LogP contribution in [-0.2, 0) is 40.5 Å². The molecule has 0 aliphatic heterocycles. The summed E-state index contributed by atoms with van der Waals surface area (Å²) in [6, 6.07) is 17.2. The summed E-state index contributed by atoms with van der Waals surface area (Å²) in [6.45, 7) is 3.05. The van der Waals surface area contributed by atoms with Crippen LogP contribution in [0.4, 0.5) is 34.1 Å². The number of nitrogens with zero attached hydrogens (tertiary/aromatic N) is 4. The third-order valence-electron chi connectivity index (χ3n) is 8.42. The van der Waals surface area contributed by atoms with E-state index < -0.39 is 82.9 Å². The summed E-state index contributed by atoms with van der Waals surface area (Å²) in [5.74, 6) is -1.43. The van der Waals surface area contributed by atoms with E-state index in [1.54, 1.807) is 0 Å². The maximum atomic E-state index is 12.4. The van der Waals surface area contributed by atoms with E-state index in [1.807, 2.05) is 0 Å². The number of benzene rings is 6. The zero-order chi connectivity index (χ0) is 41.8. The Bertz CT molecular complexity index is 2990. The second-order valence-corrected chi connectivity index (χ2v) is 18.0. The van der Waals surface area contributed by atoms with Crippen molar-refractivity contribution in [2.75, 3.05) is 5.32 Å². The van der Waals surface area contributed by atoms with Crippen molar-refractivity contribution in [3.8, 4) is 11.5 Å². The predicted molar refractivity (Wildman–Crippen MR) is 204 cm³/mol. The highest BCUT2D eigenvalue weighted by Gasteiger charge is 2.24. The number of hydrogen-bond donors (Lipinski definition) is 7. The second kappa shape index (κ2) is 14.5. The first-order valence-corrected chi connectivity index (χ1v) is 21.5. The molecule has 57 heavy (non-hydrogen) atoms. The van der Waals surface area contributed by atoms with E-state index in [4.69, 9.17) is 0 Å². The lowest BCUT2D eigenvalue weighted by molar-refractivity contribution is 0.471. The zero-order valence-corrected chi connectivity index (χ0v) is 32.2. The second-order valence-electron chi connectivity index (χ2n) is 12.3. The predicted octanol–water partition coefficient (Wildman–Crippen LogP) is 7.58. The molecule has 0 aliphatic rings. The minimum absolute atomic E-state index is 0.0492. The molecule has 0 atom stereocenters. The molecule has 6 aromatic rings. The number of rotatable bonds is 10. The summed E-state index contributed by atoms with van der Waals surface area (Å²) in [4.78, 5) is -2.75. The molecule has 0 bridgehead atoms. The lowest BCUT2D eigenvalue weighted by Gasteiger charge is -2.13. The summed E-state index contributed by atoms with van der Waals surface area (Å²) in [5, 5.41) is 40.7. The molecule has 0 fully saturated rings. The van der Waals surface area contributed by atoms with Crippen LogP contribution >= 0.6 is 0 Å². The average Bonchev–Trinajstić information content (AvgIpc) is 3.10. The van der Waals surface area contributed by atoms with Crippen molar-refractivity contribution >= 4 is 96.1 Å². The minimum Gasteiger partial charge on any atom is -0.505 e. The zero-order valence-electron chi connectivity index (χ0n) is 29.0. The van der Waals surface area contributed by atoms with Gasteiger partial charge in [-0.15, -0.1) is 10.2 Å². The van der Waals surface area contributed by atoms with Crippen LogP contribution < -0.4 is 5.32 Å². The molecule has 0 spiro atoms. The Morgan fingerprint density at radius 3 is 1.16 bits per heavy atom. The molecule has 7 N–H and O–H groups in total. The highest BCUT2D eigenvalue weighted by molar-refractivity contribution is 7.86. The normalized spacial score (nSPS) is 12.9. The van der Waals surface area contributed by atoms with E-state index in [0.717, 1.165) is 36.4 Å². The average molecular weight is 858 g/mol. The third-order valence-corrected chi connectivity index (χ3v) is 11.9. The SMILES string of the molecule is Cc1ccc(S(=O)(=O)O)cc1N=Nc1c(S(=O)(=O)O)cc2cc(Nc3ccc4c(O)c(N=Nc5cc(S(=O)(=O)O)ccc5C)c(S(=O)(=O)O)cc4c3)ccc2c1O. The van der Waals surface area contributed by atoms with Crippen molar-refractivity contribution in [3.63, 3.8) is 0 Å². The number of phenols is 2. The number of aryl methyl sites for hydroxylation is 2. The van der Waals surface area contributed by atoms with Crippen LogP contribution in [0.2, 0.25) is 0 Å². The lowest BCUT2D eigenvalue weighted by Crippen LogP contribution is -2.00. The molecule has 0 saturated heterocycles. The molecule has 0 amide bonds. The van der Waals surface area contributed by atoms with Gasteiger partial charge in [0, 0.05) is 22.1 Å². The Morgan fingerprint density at radius 1 is 0.456 bits per heavy atom. The van der Waals surface area contributed by atoms with Crippen molar-refractivity contribution in [3.05, 3.63) is 96.1 Å². The number of nitrogens with one attached hydrogen (secondary N) is 1. The van der Waals surface area contributed by atoms with Gasteiger partial charge < -0.3 is 15.5 Å². The summed E-state index contributed by atoms with van der Waals surface area (Å²) >= 11 is 0. The van der Waals surface area contributed by atoms with Gasteiger partial charge in [-0.25, -0.2) is 0 Å². The van der Waals surface area contributed by atoms with Gasteiger partial charge in [0.15, 0.2) is 11.5 Å². The van der Waals surface area contributed by atoms with Gasteiger partial charge >= 0.3 is 0 Å². The van der Waals surface area contributed by atoms with Crippen LogP contribution in [-0.4, -0.2) is 62.1 Å². The number of aromatic hydroxyl groups is 2. The molecule has 0 unspecified atom stereocenters. The van der Waals surface area contributed by atoms with Gasteiger partial charge in [-0.3, -0.25) is 18.2 Å². The van der Waals surface area contributed by atoms with E-state index in [9.17, 15) is 62.1 Å². The van der Waals surface area contributed by atoms with Crippen molar-refractivity contribution in [1.82, 2.24) is 0 Å². The highest BCUT2D eigenvalue weighted by Crippen LogP contribution is 2.44. The van der Waals surface area contributed by atoms with Crippen LogP contribution in [0.5, 0.6) is 11.5 Å². The van der Waals surface area contributed by atoms with Gasteiger partial charge in [0.1, 0.15) is 21.2 Å². The van der Waals surface area contributed by atoms with E-state index in [1.165, 1.54) is 62.4 Å². The van der Waals surface area contributed by atoms with Gasteiger partial charge in [-0.05, 0) is 109 Å². The molecule has 0 aromatic heterocycles. The highest BCUT2D eigenvalue weighted by atomic mass is 32.2. The first-order chi connectivity index (χ1) is 26.4. The topological polar surface area (TPSA) is 319 Å². The van der Waals surface area contributed by atoms with E-state index in [2.05, 4.69) is 25.8 Å². The number of fused-ring (bicyclic) bond motifs is 2. The smallest absolute Gasteiger partial charge is 0.296 e. The molecule has 19 nitrogen and oxygen atoms in total. The fourth-order valence-electron chi connectivity index (χ4n) is 5.53. The minimum atomic E-state index is -5.06. The van der Waals surface area contributed by atoms with Crippen molar-refractivity contribution in [1.29, 1.82) is 0 Å². The quantitative estimate of drug-likeness (QED) is 0.0515. The molecule has 0 radical (unpaired) electrons. The van der Waals surface area contributed by atoms with Crippen molar-refractivity contribution in [2.24, 2.45) is 20.5 Å². The largest absolute Gasteiger partial charge is 0.505 e. The van der Waals surface area contributed by atoms with E-state index in [-0.39, 0.29) is 44.3 Å². The number of anilines is 2. The number of phenolic OH excluding ortho intramolecular Hbond substituents is 2. The number of hydrogen-bond acceptors (Lipinski definition) is 15.